The molecule has 14 heavy (non-hydrogen) atoms. The van der Waals surface area contributed by atoms with Crippen molar-refractivity contribution in [1.82, 2.24) is 0 Å². The first kappa shape index (κ1) is 9.47. The number of ketones is 1. The van der Waals surface area contributed by atoms with E-state index < -0.39 is 0 Å². The van der Waals surface area contributed by atoms with Gasteiger partial charge in [-0.3, -0.25) is 4.79 Å². The molecule has 2 heteroatoms. The van der Waals surface area contributed by atoms with Gasteiger partial charge in [-0.05, 0) is 37.6 Å². The van der Waals surface area contributed by atoms with Crippen LogP contribution in [-0.4, -0.2) is 5.78 Å². The Kier molecular flexibility index (Phi) is 2.00. The van der Waals surface area contributed by atoms with Gasteiger partial charge in [-0.1, -0.05) is 23.8 Å². The molecule has 0 fully saturated rings. The van der Waals surface area contributed by atoms with E-state index in [0.29, 0.717) is 5.02 Å². The lowest BCUT2D eigenvalue weighted by atomic mass is 9.78. The standard InChI is InChI=1S/C12H11ClO/c1-12(2)6-5-8-7-9(13)3-4-10(8)11(12)14/h3-7H,1-2H3. The highest BCUT2D eigenvalue weighted by Crippen LogP contribution is 2.32. The van der Waals surface area contributed by atoms with E-state index in [-0.39, 0.29) is 11.2 Å². The molecule has 1 aliphatic rings. The Labute approximate surface area is 88.4 Å². The predicted molar refractivity (Wildman–Crippen MR) is 58.6 cm³/mol. The van der Waals surface area contributed by atoms with Crippen molar-refractivity contribution in [3.8, 4) is 0 Å². The average Bonchev–Trinajstić information content (AvgIpc) is 2.12. The summed E-state index contributed by atoms with van der Waals surface area (Å²) in [6, 6.07) is 5.37. The van der Waals surface area contributed by atoms with E-state index >= 15 is 0 Å². The maximum Gasteiger partial charge on any atom is 0.172 e. The number of benzene rings is 1. The molecule has 0 atom stereocenters. The lowest BCUT2D eigenvalue weighted by molar-refractivity contribution is 0.0883. The summed E-state index contributed by atoms with van der Waals surface area (Å²) in [6.07, 6.45) is 3.89. The highest BCUT2D eigenvalue weighted by molar-refractivity contribution is 6.31. The third-order valence-corrected chi connectivity index (χ3v) is 2.76. The molecule has 0 aliphatic heterocycles. The first-order valence-corrected chi connectivity index (χ1v) is 4.92. The molecular formula is C12H11ClO. The Balaban J connectivity index is 2.61. The van der Waals surface area contributed by atoms with Crippen molar-refractivity contribution >= 4 is 23.5 Å². The number of Topliss-reactive ketones (excluding diaryl/α,β-unsaturated/α-hetero) is 1. The molecule has 1 nitrogen and oxygen atoms in total. The SMILES string of the molecule is CC1(C)C=Cc2cc(Cl)ccc2C1=O. The van der Waals surface area contributed by atoms with Gasteiger partial charge in [0.15, 0.2) is 5.78 Å². The Hall–Kier alpha value is -1.08. The number of rotatable bonds is 0. The first-order chi connectivity index (χ1) is 6.50. The fraction of sp³-hybridized carbons (Fsp3) is 0.250. The quantitative estimate of drug-likeness (QED) is 0.634. The molecule has 72 valence electrons. The lowest BCUT2D eigenvalue weighted by Gasteiger charge is -2.24. The van der Waals surface area contributed by atoms with Gasteiger partial charge in [0.2, 0.25) is 0 Å². The van der Waals surface area contributed by atoms with E-state index in [4.69, 9.17) is 11.6 Å². The Morgan fingerprint density at radius 2 is 2.00 bits per heavy atom. The molecule has 0 heterocycles. The molecule has 0 radical (unpaired) electrons. The molecule has 2 rings (SSSR count). The van der Waals surface area contributed by atoms with Gasteiger partial charge in [-0.25, -0.2) is 0 Å². The van der Waals surface area contributed by atoms with Gasteiger partial charge >= 0.3 is 0 Å². The summed E-state index contributed by atoms with van der Waals surface area (Å²) in [6.45, 7) is 3.84. The van der Waals surface area contributed by atoms with Crippen LogP contribution in [0.25, 0.3) is 6.08 Å². The van der Waals surface area contributed by atoms with Crippen LogP contribution in [0.5, 0.6) is 0 Å². The van der Waals surface area contributed by atoms with E-state index in [0.717, 1.165) is 11.1 Å². The van der Waals surface area contributed by atoms with Crippen molar-refractivity contribution in [3.05, 3.63) is 40.4 Å². The minimum absolute atomic E-state index is 0.159. The Morgan fingerprint density at radius 3 is 2.71 bits per heavy atom. The van der Waals surface area contributed by atoms with Crippen molar-refractivity contribution in [2.24, 2.45) is 5.41 Å². The second-order valence-electron chi connectivity index (χ2n) is 4.12. The molecule has 0 aromatic heterocycles. The average molecular weight is 207 g/mol. The van der Waals surface area contributed by atoms with Gasteiger partial charge in [0.1, 0.15) is 0 Å². The number of hydrogen-bond acceptors (Lipinski definition) is 1. The maximum absolute atomic E-state index is 12.0. The summed E-state index contributed by atoms with van der Waals surface area (Å²) in [7, 11) is 0. The minimum Gasteiger partial charge on any atom is -0.293 e. The fourth-order valence-electron chi connectivity index (χ4n) is 1.60. The molecule has 0 saturated heterocycles. The van der Waals surface area contributed by atoms with Crippen LogP contribution in [0, 0.1) is 5.41 Å². The third-order valence-electron chi connectivity index (χ3n) is 2.52. The molecule has 0 N–H and O–H groups in total. The highest BCUT2D eigenvalue weighted by atomic mass is 35.5. The topological polar surface area (TPSA) is 17.1 Å². The highest BCUT2D eigenvalue weighted by Gasteiger charge is 2.30. The normalized spacial score (nSPS) is 18.1. The molecule has 1 aromatic carbocycles. The van der Waals surface area contributed by atoms with Crippen LogP contribution >= 0.6 is 11.6 Å². The second kappa shape index (κ2) is 2.96. The van der Waals surface area contributed by atoms with E-state index in [1.165, 1.54) is 0 Å². The summed E-state index contributed by atoms with van der Waals surface area (Å²) in [5, 5.41) is 0.668. The van der Waals surface area contributed by atoms with Crippen molar-refractivity contribution in [2.75, 3.05) is 0 Å². The maximum atomic E-state index is 12.0. The summed E-state index contributed by atoms with van der Waals surface area (Å²) in [5.74, 6) is 0.159. The van der Waals surface area contributed by atoms with Gasteiger partial charge in [-0.15, -0.1) is 0 Å². The molecular weight excluding hydrogens is 196 g/mol. The fourth-order valence-corrected chi connectivity index (χ4v) is 1.78. The monoisotopic (exact) mass is 206 g/mol. The van der Waals surface area contributed by atoms with Crippen LogP contribution in [-0.2, 0) is 0 Å². The Morgan fingerprint density at radius 1 is 1.29 bits per heavy atom. The van der Waals surface area contributed by atoms with E-state index in [9.17, 15) is 4.79 Å². The smallest absolute Gasteiger partial charge is 0.172 e. The zero-order valence-corrected chi connectivity index (χ0v) is 8.93. The summed E-state index contributed by atoms with van der Waals surface area (Å²) in [5.41, 5.74) is 1.30. The molecule has 0 unspecified atom stereocenters. The van der Waals surface area contributed by atoms with Crippen molar-refractivity contribution in [2.45, 2.75) is 13.8 Å². The minimum atomic E-state index is -0.388. The van der Waals surface area contributed by atoms with Gasteiger partial charge in [0.25, 0.3) is 0 Å². The predicted octanol–water partition coefficient (Wildman–Crippen LogP) is 3.58. The second-order valence-corrected chi connectivity index (χ2v) is 4.55. The molecule has 0 saturated carbocycles. The molecule has 0 bridgehead atoms. The van der Waals surface area contributed by atoms with Gasteiger partial charge in [-0.2, -0.15) is 0 Å². The van der Waals surface area contributed by atoms with Crippen LogP contribution in [0.2, 0.25) is 5.02 Å². The van der Waals surface area contributed by atoms with Crippen LogP contribution in [0.15, 0.2) is 24.3 Å². The van der Waals surface area contributed by atoms with Crippen LogP contribution in [0.4, 0.5) is 0 Å². The summed E-state index contributed by atoms with van der Waals surface area (Å²) < 4.78 is 0. The van der Waals surface area contributed by atoms with Gasteiger partial charge < -0.3 is 0 Å². The number of carbonyl (C=O) groups excluding carboxylic acids is 1. The molecule has 1 aliphatic carbocycles. The van der Waals surface area contributed by atoms with E-state index in [1.807, 2.05) is 32.1 Å². The van der Waals surface area contributed by atoms with E-state index in [1.54, 1.807) is 12.1 Å². The number of carbonyl (C=O) groups is 1. The summed E-state index contributed by atoms with van der Waals surface area (Å²) >= 11 is 5.85. The van der Waals surface area contributed by atoms with Crippen LogP contribution in [0.1, 0.15) is 29.8 Å². The summed E-state index contributed by atoms with van der Waals surface area (Å²) in [4.78, 5) is 12.0. The zero-order chi connectivity index (χ0) is 10.3. The first-order valence-electron chi connectivity index (χ1n) is 4.54. The van der Waals surface area contributed by atoms with Crippen molar-refractivity contribution in [3.63, 3.8) is 0 Å². The molecule has 0 amide bonds. The number of fused-ring (bicyclic) bond motifs is 1. The van der Waals surface area contributed by atoms with Crippen molar-refractivity contribution < 1.29 is 4.79 Å². The van der Waals surface area contributed by atoms with Crippen LogP contribution < -0.4 is 0 Å². The van der Waals surface area contributed by atoms with Crippen molar-refractivity contribution in [1.29, 1.82) is 0 Å². The van der Waals surface area contributed by atoms with E-state index in [2.05, 4.69) is 0 Å². The van der Waals surface area contributed by atoms with Gasteiger partial charge in [0.05, 0.1) is 0 Å². The molecule has 1 aromatic rings. The number of allylic oxidation sites excluding steroid dienone is 1. The third kappa shape index (κ3) is 1.38. The zero-order valence-electron chi connectivity index (χ0n) is 8.17. The molecule has 0 spiro atoms. The number of hydrogen-bond donors (Lipinski definition) is 0. The van der Waals surface area contributed by atoms with Gasteiger partial charge in [0, 0.05) is 16.0 Å². The van der Waals surface area contributed by atoms with Crippen LogP contribution in [0.3, 0.4) is 0 Å². The largest absolute Gasteiger partial charge is 0.293 e. The lowest BCUT2D eigenvalue weighted by Crippen LogP contribution is -2.25. The Bertz CT molecular complexity index is 430. The number of halogens is 1.